The van der Waals surface area contributed by atoms with Gasteiger partial charge in [-0.25, -0.2) is 14.6 Å². The average molecular weight is 432 g/mol. The van der Waals surface area contributed by atoms with Crippen LogP contribution in [-0.2, 0) is 14.1 Å². The third kappa shape index (κ3) is 7.62. The summed E-state index contributed by atoms with van der Waals surface area (Å²) < 4.78 is 2.37. The molecule has 1 aromatic carbocycles. The fourth-order valence-corrected chi connectivity index (χ4v) is 1.91. The Morgan fingerprint density at radius 2 is 1.55 bits per heavy atom. The van der Waals surface area contributed by atoms with Crippen molar-refractivity contribution in [1.82, 2.24) is 19.1 Å². The number of para-hydroxylation sites is 1. The number of rotatable bonds is 1. The van der Waals surface area contributed by atoms with E-state index in [2.05, 4.69) is 9.97 Å². The van der Waals surface area contributed by atoms with Crippen molar-refractivity contribution in [2.45, 2.75) is 0 Å². The van der Waals surface area contributed by atoms with Gasteiger partial charge >= 0.3 is 34.7 Å². The number of carboxylic acid groups (broad SMARTS) is 1. The summed E-state index contributed by atoms with van der Waals surface area (Å²) in [7, 11) is 3.01. The summed E-state index contributed by atoms with van der Waals surface area (Å²) in [5.74, 6) is -1.62. The molecule has 0 fully saturated rings. The molecule has 3 rings (SSSR count). The fourth-order valence-electron chi connectivity index (χ4n) is 1.91. The molecule has 14 nitrogen and oxygen atoms in total. The smallest absolute Gasteiger partial charge is 0.872 e. The van der Waals surface area contributed by atoms with E-state index >= 15 is 0 Å². The van der Waals surface area contributed by atoms with E-state index < -0.39 is 11.7 Å². The summed E-state index contributed by atoms with van der Waals surface area (Å²) in [5.41, 5.74) is -0.166. The molecule has 29 heavy (non-hydrogen) atoms. The molecular formula is C14H23MgN4O10+. The van der Waals surface area contributed by atoms with Gasteiger partial charge in [-0.2, -0.15) is 0 Å². The van der Waals surface area contributed by atoms with Gasteiger partial charge in [0.1, 0.15) is 5.52 Å². The number of aromatic nitrogens is 4. The number of aromatic carboxylic acids is 1. The molecule has 0 spiro atoms. The van der Waals surface area contributed by atoms with Gasteiger partial charge in [0, 0.05) is 14.1 Å². The molecule has 2 aromatic heterocycles. The largest absolute Gasteiger partial charge is 2.00 e. The first kappa shape index (κ1) is 37.0. The van der Waals surface area contributed by atoms with E-state index in [9.17, 15) is 19.5 Å². The first-order chi connectivity index (χ1) is 10.8. The van der Waals surface area contributed by atoms with Crippen LogP contribution in [0.1, 0.15) is 10.4 Å². The number of aryl methyl sites for hydroxylation is 1. The monoisotopic (exact) mass is 431 g/mol. The van der Waals surface area contributed by atoms with Crippen LogP contribution in [0.15, 0.2) is 40.2 Å². The van der Waals surface area contributed by atoms with Gasteiger partial charge in [-0.3, -0.25) is 13.9 Å². The third-order valence-electron chi connectivity index (χ3n) is 3.15. The minimum atomic E-state index is -1.18. The van der Waals surface area contributed by atoms with Crippen LogP contribution in [0, 0.1) is 0 Å². The van der Waals surface area contributed by atoms with E-state index in [4.69, 9.17) is 5.11 Å². The van der Waals surface area contributed by atoms with Crippen molar-refractivity contribution in [2.24, 2.45) is 14.1 Å². The van der Waals surface area contributed by atoms with Gasteiger partial charge in [0.15, 0.2) is 5.65 Å². The molecule has 0 saturated heterocycles. The second kappa shape index (κ2) is 15.2. The van der Waals surface area contributed by atoms with Gasteiger partial charge in [-0.15, -0.1) is 0 Å². The van der Waals surface area contributed by atoms with E-state index in [1.807, 2.05) is 0 Å². The van der Waals surface area contributed by atoms with Crippen LogP contribution in [0.3, 0.4) is 0 Å². The minimum Gasteiger partial charge on any atom is -0.872 e. The molecule has 0 unspecified atom stereocenters. The summed E-state index contributed by atoms with van der Waals surface area (Å²) in [6.45, 7) is 0. The number of aromatic amines is 1. The van der Waals surface area contributed by atoms with Crippen LogP contribution in [0.4, 0.5) is 0 Å². The first-order valence-corrected chi connectivity index (χ1v) is 6.43. The normalized spacial score (nSPS) is 8.07. The molecule has 0 radical (unpaired) electrons. The molecule has 160 valence electrons. The molecule has 2 heterocycles. The number of hydrogen-bond acceptors (Lipinski definition) is 5. The zero-order valence-electron chi connectivity index (χ0n) is 15.5. The van der Waals surface area contributed by atoms with Gasteiger partial charge in [0.05, 0.1) is 11.9 Å². The number of fused-ring (bicyclic) bond motifs is 1. The number of nitrogens with zero attached hydrogens (tertiary/aromatic N) is 3. The average Bonchev–Trinajstić information content (AvgIpc) is 3.01. The van der Waals surface area contributed by atoms with Gasteiger partial charge in [-0.05, 0) is 6.07 Å². The van der Waals surface area contributed by atoms with E-state index in [0.717, 1.165) is 4.57 Å². The molecule has 3 aromatic rings. The Balaban J connectivity index is -0.000000112. The van der Waals surface area contributed by atoms with E-state index in [1.165, 1.54) is 42.2 Å². The number of imidazole rings is 1. The van der Waals surface area contributed by atoms with Crippen molar-refractivity contribution in [3.63, 3.8) is 0 Å². The molecule has 0 aliphatic rings. The Hall–Kier alpha value is -2.79. The van der Waals surface area contributed by atoms with Crippen LogP contribution in [-0.4, -0.2) is 80.6 Å². The Morgan fingerprint density at radius 1 is 1.03 bits per heavy atom. The minimum absolute atomic E-state index is 0. The number of carboxylic acids is 1. The van der Waals surface area contributed by atoms with Crippen molar-refractivity contribution >= 4 is 40.2 Å². The third-order valence-corrected chi connectivity index (χ3v) is 3.15. The van der Waals surface area contributed by atoms with Crippen molar-refractivity contribution in [3.8, 4) is 5.75 Å². The topological polar surface area (TPSA) is 291 Å². The molecule has 0 amide bonds. The maximum Gasteiger partial charge on any atom is 2.00 e. The maximum absolute atomic E-state index is 11.4. The predicted octanol–water partition coefficient (Wildman–Crippen LogP) is -5.09. The molecule has 15 heteroatoms. The first-order valence-electron chi connectivity index (χ1n) is 6.43. The van der Waals surface area contributed by atoms with Crippen LogP contribution in [0.25, 0.3) is 11.2 Å². The van der Waals surface area contributed by atoms with E-state index in [1.54, 1.807) is 7.05 Å². The van der Waals surface area contributed by atoms with Crippen LogP contribution < -0.4 is 16.4 Å². The van der Waals surface area contributed by atoms with Gasteiger partial charge in [-0.1, -0.05) is 23.9 Å². The van der Waals surface area contributed by atoms with Crippen molar-refractivity contribution in [2.75, 3.05) is 0 Å². The summed E-state index contributed by atoms with van der Waals surface area (Å²) in [6.07, 6.45) is 1.39. The second-order valence-corrected chi connectivity index (χ2v) is 4.61. The molecule has 0 aliphatic carbocycles. The number of hydrogen-bond donors (Lipinski definition) is 2. The molecule has 0 aliphatic heterocycles. The molecular weight excluding hydrogens is 408 g/mol. The van der Waals surface area contributed by atoms with Crippen molar-refractivity contribution in [1.29, 1.82) is 0 Å². The number of H-pyrrole nitrogens is 1. The number of nitrogens with one attached hydrogen (secondary N) is 1. The standard InChI is InChI=1S/C7H8N4O2.C7H6O3.Mg.5H2O/c1-10-5-4(8-3-9-5)6(12)11(2)7(10)13;8-6-4-2-1-3-5(6)7(9)10;;;;;;/h3H,1-2H3,(H,8,9);1-4,8H,(H,9,10);;5*1H2/q;;+2;;;;;/p-1. The SMILES string of the molecule is Cn1c(=O)c2[nH]cnc2n(C)c1=O.O.O.O.O.O.O=C(O)c1ccccc1[O-].[Mg+2]. The van der Waals surface area contributed by atoms with Crippen molar-refractivity contribution < 1.29 is 42.4 Å². The Morgan fingerprint density at radius 3 is 2.00 bits per heavy atom. The molecule has 0 atom stereocenters. The zero-order chi connectivity index (χ0) is 17.1. The van der Waals surface area contributed by atoms with Gasteiger partial charge in [0.25, 0.3) is 5.56 Å². The van der Waals surface area contributed by atoms with Crippen LogP contribution in [0.5, 0.6) is 5.75 Å². The Bertz CT molecular complexity index is 998. The molecule has 0 bridgehead atoms. The summed E-state index contributed by atoms with van der Waals surface area (Å²) in [5, 5.41) is 19.0. The van der Waals surface area contributed by atoms with E-state index in [-0.39, 0.29) is 67.2 Å². The predicted molar refractivity (Wildman–Crippen MR) is 103 cm³/mol. The Labute approximate surface area is 178 Å². The zero-order valence-corrected chi connectivity index (χ0v) is 16.9. The number of benzene rings is 1. The van der Waals surface area contributed by atoms with E-state index in [0.29, 0.717) is 11.2 Å². The summed E-state index contributed by atoms with van der Waals surface area (Å²) in [4.78, 5) is 39.6. The van der Waals surface area contributed by atoms with Crippen LogP contribution in [0.2, 0.25) is 0 Å². The number of carbonyl (C=O) groups is 1. The second-order valence-electron chi connectivity index (χ2n) is 4.61. The molecule has 12 N–H and O–H groups in total. The Kier molecular flexibility index (Phi) is 19.4. The quantitative estimate of drug-likeness (QED) is 0.354. The van der Waals surface area contributed by atoms with Crippen molar-refractivity contribution in [3.05, 3.63) is 57.0 Å². The molecule has 0 saturated carbocycles. The summed E-state index contributed by atoms with van der Waals surface area (Å²) in [6, 6.07) is 5.54. The van der Waals surface area contributed by atoms with Gasteiger partial charge < -0.3 is 42.6 Å². The van der Waals surface area contributed by atoms with Gasteiger partial charge in [0.2, 0.25) is 0 Å². The maximum atomic E-state index is 11.4. The summed E-state index contributed by atoms with van der Waals surface area (Å²) >= 11 is 0. The van der Waals surface area contributed by atoms with Crippen LogP contribution >= 0.6 is 0 Å². The fraction of sp³-hybridized carbons (Fsp3) is 0.143.